The lowest BCUT2D eigenvalue weighted by Gasteiger charge is -2.18. The molecule has 0 amide bonds. The van der Waals surface area contributed by atoms with Crippen LogP contribution in [-0.2, 0) is 28.6 Å². The maximum Gasteiger partial charge on any atom is 0.306 e. The van der Waals surface area contributed by atoms with Crippen LogP contribution in [0.25, 0.3) is 0 Å². The van der Waals surface area contributed by atoms with Gasteiger partial charge in [-0.15, -0.1) is 0 Å². The highest BCUT2D eigenvalue weighted by atomic mass is 16.6. The summed E-state index contributed by atoms with van der Waals surface area (Å²) in [5, 5.41) is 0. The van der Waals surface area contributed by atoms with Gasteiger partial charge < -0.3 is 14.2 Å². The molecule has 1 unspecified atom stereocenters. The van der Waals surface area contributed by atoms with Crippen LogP contribution in [0.15, 0.2) is 24.3 Å². The highest BCUT2D eigenvalue weighted by Gasteiger charge is 2.19. The van der Waals surface area contributed by atoms with Crippen LogP contribution in [0.5, 0.6) is 0 Å². The standard InChI is InChI=1S/C67H126O6/c1-4-7-10-13-16-19-22-24-26-28-30-32-33-35-36-38-40-42-45-48-51-54-57-60-66(69)72-63-64(62-71-65(68)59-56-53-50-47-44-21-18-15-12-9-6-3)73-67(70)61-58-55-52-49-46-43-41-39-37-34-31-29-27-25-23-20-17-14-11-8-5-2/h22,24,28,30,64H,4-21,23,25-27,29,31-63H2,1-3H3/b24-22-,30-28-. The lowest BCUT2D eigenvalue weighted by molar-refractivity contribution is -0.167. The van der Waals surface area contributed by atoms with Crippen molar-refractivity contribution in [2.24, 2.45) is 0 Å². The van der Waals surface area contributed by atoms with Gasteiger partial charge in [-0.1, -0.05) is 321 Å². The van der Waals surface area contributed by atoms with E-state index in [4.69, 9.17) is 14.2 Å². The van der Waals surface area contributed by atoms with Crippen LogP contribution in [0.4, 0.5) is 0 Å². The summed E-state index contributed by atoms with van der Waals surface area (Å²) in [7, 11) is 0. The number of hydrogen-bond donors (Lipinski definition) is 0. The van der Waals surface area contributed by atoms with Crippen molar-refractivity contribution in [3.05, 3.63) is 24.3 Å². The molecule has 0 saturated heterocycles. The molecule has 0 aromatic heterocycles. The summed E-state index contributed by atoms with van der Waals surface area (Å²) in [5.74, 6) is -0.840. The summed E-state index contributed by atoms with van der Waals surface area (Å²) in [4.78, 5) is 38.3. The van der Waals surface area contributed by atoms with Crippen molar-refractivity contribution in [3.8, 4) is 0 Å². The van der Waals surface area contributed by atoms with Gasteiger partial charge in [0.25, 0.3) is 0 Å². The molecule has 0 saturated carbocycles. The molecule has 0 aliphatic carbocycles. The van der Waals surface area contributed by atoms with E-state index in [-0.39, 0.29) is 31.1 Å². The Labute approximate surface area is 455 Å². The number of unbranched alkanes of at least 4 members (excludes halogenated alkanes) is 46. The Kier molecular flexibility index (Phi) is 60.6. The van der Waals surface area contributed by atoms with E-state index in [1.54, 1.807) is 0 Å². The zero-order valence-electron chi connectivity index (χ0n) is 49.4. The third kappa shape index (κ3) is 60.6. The first-order valence-electron chi connectivity index (χ1n) is 32.8. The van der Waals surface area contributed by atoms with Crippen molar-refractivity contribution in [1.29, 1.82) is 0 Å². The van der Waals surface area contributed by atoms with Gasteiger partial charge >= 0.3 is 17.9 Å². The van der Waals surface area contributed by atoms with Crippen molar-refractivity contribution in [2.45, 2.75) is 374 Å². The van der Waals surface area contributed by atoms with Crippen molar-refractivity contribution >= 4 is 17.9 Å². The number of ether oxygens (including phenoxy) is 3. The minimum Gasteiger partial charge on any atom is -0.462 e. The van der Waals surface area contributed by atoms with Crippen LogP contribution in [0.2, 0.25) is 0 Å². The second-order valence-electron chi connectivity index (χ2n) is 22.4. The molecule has 0 spiro atoms. The number of carbonyl (C=O) groups excluding carboxylic acids is 3. The predicted molar refractivity (Wildman–Crippen MR) is 316 cm³/mol. The average Bonchev–Trinajstić information content (AvgIpc) is 3.39. The molecule has 0 heterocycles. The molecule has 73 heavy (non-hydrogen) atoms. The highest BCUT2D eigenvalue weighted by Crippen LogP contribution is 2.18. The summed E-state index contributed by atoms with van der Waals surface area (Å²) in [5.41, 5.74) is 0. The molecule has 0 bridgehead atoms. The van der Waals surface area contributed by atoms with Crippen molar-refractivity contribution in [1.82, 2.24) is 0 Å². The lowest BCUT2D eigenvalue weighted by atomic mass is 10.0. The van der Waals surface area contributed by atoms with Crippen LogP contribution < -0.4 is 0 Å². The third-order valence-corrected chi connectivity index (χ3v) is 15.0. The van der Waals surface area contributed by atoms with E-state index in [0.29, 0.717) is 19.3 Å². The molecule has 0 N–H and O–H groups in total. The van der Waals surface area contributed by atoms with Gasteiger partial charge in [0.1, 0.15) is 13.2 Å². The Morgan fingerprint density at radius 1 is 0.274 bits per heavy atom. The van der Waals surface area contributed by atoms with Crippen LogP contribution in [0.3, 0.4) is 0 Å². The summed E-state index contributed by atoms with van der Waals surface area (Å²) < 4.78 is 16.9. The van der Waals surface area contributed by atoms with Gasteiger partial charge in [0.15, 0.2) is 6.10 Å². The molecule has 6 heteroatoms. The quantitative estimate of drug-likeness (QED) is 0.0261. The minimum atomic E-state index is -0.767. The third-order valence-electron chi connectivity index (χ3n) is 15.0. The smallest absolute Gasteiger partial charge is 0.306 e. The molecule has 430 valence electrons. The Hall–Kier alpha value is -2.11. The molecule has 1 atom stereocenters. The molecule has 0 aliphatic heterocycles. The molecule has 6 nitrogen and oxygen atoms in total. The molecule has 0 rings (SSSR count). The van der Waals surface area contributed by atoms with Gasteiger partial charge in [-0.25, -0.2) is 0 Å². The summed E-state index contributed by atoms with van der Waals surface area (Å²) in [6.45, 7) is 6.69. The summed E-state index contributed by atoms with van der Waals surface area (Å²) in [6, 6.07) is 0. The summed E-state index contributed by atoms with van der Waals surface area (Å²) >= 11 is 0. The Morgan fingerprint density at radius 2 is 0.493 bits per heavy atom. The van der Waals surface area contributed by atoms with E-state index in [0.717, 1.165) is 64.2 Å². The van der Waals surface area contributed by atoms with Gasteiger partial charge in [-0.3, -0.25) is 14.4 Å². The lowest BCUT2D eigenvalue weighted by Crippen LogP contribution is -2.30. The number of hydrogen-bond acceptors (Lipinski definition) is 6. The number of esters is 3. The van der Waals surface area contributed by atoms with E-state index in [1.807, 2.05) is 0 Å². The van der Waals surface area contributed by atoms with Gasteiger partial charge in [-0.2, -0.15) is 0 Å². The van der Waals surface area contributed by atoms with Gasteiger partial charge in [0, 0.05) is 19.3 Å². The van der Waals surface area contributed by atoms with Crippen molar-refractivity contribution < 1.29 is 28.6 Å². The zero-order valence-corrected chi connectivity index (χ0v) is 49.4. The summed E-state index contributed by atoms with van der Waals surface area (Å²) in [6.07, 6.45) is 74.8. The van der Waals surface area contributed by atoms with E-state index < -0.39 is 6.10 Å². The van der Waals surface area contributed by atoms with E-state index >= 15 is 0 Å². The fraction of sp³-hybridized carbons (Fsp3) is 0.896. The fourth-order valence-corrected chi connectivity index (χ4v) is 10.0. The van der Waals surface area contributed by atoms with Crippen LogP contribution >= 0.6 is 0 Å². The molecule has 0 aromatic carbocycles. The Bertz CT molecular complexity index is 1180. The minimum absolute atomic E-state index is 0.0655. The van der Waals surface area contributed by atoms with Crippen LogP contribution in [-0.4, -0.2) is 37.2 Å². The Balaban J connectivity index is 4.22. The normalized spacial score (nSPS) is 12.1. The van der Waals surface area contributed by atoms with Crippen molar-refractivity contribution in [3.63, 3.8) is 0 Å². The molecular weight excluding hydrogens is 901 g/mol. The predicted octanol–water partition coefficient (Wildman–Crippen LogP) is 22.2. The number of carbonyl (C=O) groups is 3. The van der Waals surface area contributed by atoms with Gasteiger partial charge in [-0.05, 0) is 51.4 Å². The first-order valence-corrected chi connectivity index (χ1v) is 32.8. The largest absolute Gasteiger partial charge is 0.462 e. The molecule has 0 aliphatic rings. The maximum absolute atomic E-state index is 12.9. The second kappa shape index (κ2) is 62.4. The fourth-order valence-electron chi connectivity index (χ4n) is 10.0. The van der Waals surface area contributed by atoms with Gasteiger partial charge in [0.2, 0.25) is 0 Å². The molecule has 0 aromatic rings. The first kappa shape index (κ1) is 70.9. The highest BCUT2D eigenvalue weighted by molar-refractivity contribution is 5.71. The van der Waals surface area contributed by atoms with Crippen molar-refractivity contribution in [2.75, 3.05) is 13.2 Å². The average molecular weight is 1030 g/mol. The molecule has 0 radical (unpaired) electrons. The van der Waals surface area contributed by atoms with Gasteiger partial charge in [0.05, 0.1) is 0 Å². The van der Waals surface area contributed by atoms with E-state index in [1.165, 1.54) is 263 Å². The number of allylic oxidation sites excluding steroid dienone is 4. The topological polar surface area (TPSA) is 78.9 Å². The SMILES string of the molecule is CCCCCCC/C=C\C/C=C\CCCCCCCCCCCCCC(=O)OCC(COC(=O)CCCCCCCCCCCCC)OC(=O)CCCCCCCCCCCCCCCCCCCCCCC. The van der Waals surface area contributed by atoms with E-state index in [2.05, 4.69) is 45.1 Å². The second-order valence-corrected chi connectivity index (χ2v) is 22.4. The first-order chi connectivity index (χ1) is 36.0. The maximum atomic E-state index is 12.9. The van der Waals surface area contributed by atoms with Crippen LogP contribution in [0, 0.1) is 0 Å². The number of rotatable bonds is 61. The molecule has 0 fully saturated rings. The zero-order chi connectivity index (χ0) is 52.9. The van der Waals surface area contributed by atoms with Crippen LogP contribution in [0.1, 0.15) is 367 Å². The Morgan fingerprint density at radius 3 is 0.753 bits per heavy atom. The molecular formula is C67H126O6. The van der Waals surface area contributed by atoms with E-state index in [9.17, 15) is 14.4 Å². The monoisotopic (exact) mass is 1030 g/mol.